The quantitative estimate of drug-likeness (QED) is 0.411. The molecule has 0 aliphatic heterocycles. The molecule has 28 heavy (non-hydrogen) atoms. The normalized spacial score (nSPS) is 19.8. The Bertz CT molecular complexity index is 953. The third-order valence-corrected chi connectivity index (χ3v) is 5.69. The minimum absolute atomic E-state index is 0.00585. The Hall–Kier alpha value is -1.60. The monoisotopic (exact) mass is 516 g/mol. The van der Waals surface area contributed by atoms with Gasteiger partial charge in [-0.25, -0.2) is 13.2 Å². The number of allylic oxidation sites excluding steroid dienone is 1. The molecule has 0 spiro atoms. The van der Waals surface area contributed by atoms with Crippen LogP contribution in [0.2, 0.25) is 0 Å². The van der Waals surface area contributed by atoms with Crippen LogP contribution in [0, 0.1) is 34.7 Å². The first kappa shape index (κ1) is 21.1. The summed E-state index contributed by atoms with van der Waals surface area (Å²) >= 11 is 6.58. The maximum atomic E-state index is 14.8. The predicted octanol–water partition coefficient (Wildman–Crippen LogP) is 6.72. The summed E-state index contributed by atoms with van der Waals surface area (Å²) in [5.74, 6) is -3.66. The Labute approximate surface area is 178 Å². The van der Waals surface area contributed by atoms with Crippen LogP contribution in [-0.4, -0.2) is 5.97 Å². The maximum absolute atomic E-state index is 14.8. The highest BCUT2D eigenvalue weighted by Gasteiger charge is 2.61. The molecule has 0 bridgehead atoms. The number of hydrogen-bond acceptors (Lipinski definition) is 2. The number of carbonyl (C=O) groups excluding carboxylic acids is 1. The fourth-order valence-electron chi connectivity index (χ4n) is 3.42. The highest BCUT2D eigenvalue weighted by molar-refractivity contribution is 9.28. The fourth-order valence-corrected chi connectivity index (χ4v) is 3.99. The van der Waals surface area contributed by atoms with Crippen LogP contribution in [0.5, 0.6) is 0 Å². The lowest BCUT2D eigenvalue weighted by molar-refractivity contribution is -0.147. The average molecular weight is 518 g/mol. The number of rotatable bonds is 5. The van der Waals surface area contributed by atoms with Gasteiger partial charge in [-0.05, 0) is 49.3 Å². The van der Waals surface area contributed by atoms with Crippen molar-refractivity contribution in [3.63, 3.8) is 0 Å². The van der Waals surface area contributed by atoms with E-state index in [0.717, 1.165) is 9.46 Å². The second-order valence-corrected chi connectivity index (χ2v) is 10.0. The van der Waals surface area contributed by atoms with E-state index in [-0.39, 0.29) is 40.5 Å². The highest BCUT2D eigenvalue weighted by Crippen LogP contribution is 2.60. The molecular formula is C21H17Br2F3O2. The summed E-state index contributed by atoms with van der Waals surface area (Å²) in [4.78, 5) is 12.4. The first-order valence-corrected chi connectivity index (χ1v) is 10.1. The molecule has 2 aromatic carbocycles. The molecule has 2 aromatic rings. The number of carbonyl (C=O) groups is 1. The van der Waals surface area contributed by atoms with Crippen molar-refractivity contribution < 1.29 is 22.7 Å². The van der Waals surface area contributed by atoms with Gasteiger partial charge in [0.05, 0.1) is 9.31 Å². The van der Waals surface area contributed by atoms with Crippen molar-refractivity contribution in [2.45, 2.75) is 20.5 Å². The lowest BCUT2D eigenvalue weighted by atomic mass is 10.0. The Morgan fingerprint density at radius 1 is 1.07 bits per heavy atom. The van der Waals surface area contributed by atoms with Gasteiger partial charge >= 0.3 is 5.97 Å². The number of ether oxygens (including phenoxy) is 1. The lowest BCUT2D eigenvalue weighted by Gasteiger charge is -2.11. The van der Waals surface area contributed by atoms with E-state index >= 15 is 0 Å². The molecule has 0 amide bonds. The predicted molar refractivity (Wildman–Crippen MR) is 108 cm³/mol. The van der Waals surface area contributed by atoms with Crippen LogP contribution in [0.1, 0.15) is 19.4 Å². The molecule has 7 heteroatoms. The van der Waals surface area contributed by atoms with Crippen molar-refractivity contribution in [2.24, 2.45) is 17.3 Å². The van der Waals surface area contributed by atoms with Crippen molar-refractivity contribution in [3.05, 3.63) is 68.9 Å². The molecule has 2 atom stereocenters. The van der Waals surface area contributed by atoms with Crippen molar-refractivity contribution in [1.82, 2.24) is 0 Å². The van der Waals surface area contributed by atoms with E-state index in [4.69, 9.17) is 4.74 Å². The van der Waals surface area contributed by atoms with Gasteiger partial charge in [0.2, 0.25) is 0 Å². The van der Waals surface area contributed by atoms with E-state index in [2.05, 4.69) is 31.9 Å². The zero-order valence-corrected chi connectivity index (χ0v) is 18.3. The van der Waals surface area contributed by atoms with E-state index in [1.807, 2.05) is 19.9 Å². The SMILES string of the molecule is CC1(C)C(C=C(Br)Br)C1C(=O)OCc1cccc(-c2cccc(F)c2F)c1F. The summed E-state index contributed by atoms with van der Waals surface area (Å²) in [6.07, 6.45) is 1.89. The standard InChI is InChI=1S/C21H17Br2F3O2/c1-21(2)14(9-16(22)23)17(21)20(27)28-10-11-5-3-6-12(18(11)25)13-7-4-8-15(24)19(13)26/h3-9,14,17H,10H2,1-2H3. The molecule has 2 nitrogen and oxygen atoms in total. The van der Waals surface area contributed by atoms with Crippen molar-refractivity contribution in [3.8, 4) is 11.1 Å². The van der Waals surface area contributed by atoms with Gasteiger partial charge < -0.3 is 4.74 Å². The second-order valence-electron chi connectivity index (χ2n) is 7.27. The minimum atomic E-state index is -1.12. The molecule has 0 N–H and O–H groups in total. The molecule has 0 saturated heterocycles. The van der Waals surface area contributed by atoms with Gasteiger partial charge in [0.1, 0.15) is 12.4 Å². The molecule has 0 radical (unpaired) electrons. The summed E-state index contributed by atoms with van der Waals surface area (Å²) in [5.41, 5.74) is -0.418. The Morgan fingerprint density at radius 2 is 1.68 bits per heavy atom. The average Bonchev–Trinajstić information content (AvgIpc) is 3.16. The molecule has 0 aromatic heterocycles. The van der Waals surface area contributed by atoms with Gasteiger partial charge in [0, 0.05) is 16.7 Å². The Kier molecular flexibility index (Phi) is 6.05. The molecule has 148 valence electrons. The van der Waals surface area contributed by atoms with Crippen LogP contribution in [0.3, 0.4) is 0 Å². The first-order valence-electron chi connectivity index (χ1n) is 8.55. The number of esters is 1. The summed E-state index contributed by atoms with van der Waals surface area (Å²) in [5, 5.41) is 0. The molecule has 1 saturated carbocycles. The topological polar surface area (TPSA) is 26.3 Å². The summed E-state index contributed by atoms with van der Waals surface area (Å²) in [7, 11) is 0. The van der Waals surface area contributed by atoms with Crippen molar-refractivity contribution in [2.75, 3.05) is 0 Å². The molecule has 1 aliphatic carbocycles. The zero-order chi connectivity index (χ0) is 20.6. The van der Waals surface area contributed by atoms with Crippen LogP contribution in [0.25, 0.3) is 11.1 Å². The van der Waals surface area contributed by atoms with Crippen LogP contribution >= 0.6 is 31.9 Å². The Balaban J connectivity index is 1.77. The zero-order valence-electron chi connectivity index (χ0n) is 15.1. The van der Waals surface area contributed by atoms with Gasteiger partial charge in [-0.3, -0.25) is 4.79 Å². The minimum Gasteiger partial charge on any atom is -0.460 e. The largest absolute Gasteiger partial charge is 0.460 e. The molecule has 2 unspecified atom stereocenters. The second kappa shape index (κ2) is 8.03. The maximum Gasteiger partial charge on any atom is 0.310 e. The molecule has 1 aliphatic rings. The van der Waals surface area contributed by atoms with E-state index < -0.39 is 23.4 Å². The summed E-state index contributed by atoms with van der Waals surface area (Å²) in [6.45, 7) is 3.63. The van der Waals surface area contributed by atoms with Gasteiger partial charge in [0.15, 0.2) is 11.6 Å². The molecule has 0 heterocycles. The van der Waals surface area contributed by atoms with Gasteiger partial charge in [-0.2, -0.15) is 0 Å². The van der Waals surface area contributed by atoms with Crippen LogP contribution < -0.4 is 0 Å². The van der Waals surface area contributed by atoms with Crippen molar-refractivity contribution in [1.29, 1.82) is 0 Å². The van der Waals surface area contributed by atoms with Gasteiger partial charge in [-0.15, -0.1) is 0 Å². The fraction of sp³-hybridized carbons (Fsp3) is 0.286. The number of benzene rings is 2. The van der Waals surface area contributed by atoms with Crippen molar-refractivity contribution >= 4 is 37.8 Å². The van der Waals surface area contributed by atoms with Crippen LogP contribution in [-0.2, 0) is 16.1 Å². The summed E-state index contributed by atoms with van der Waals surface area (Å²) in [6, 6.07) is 7.90. The summed E-state index contributed by atoms with van der Waals surface area (Å²) < 4.78 is 48.4. The van der Waals surface area contributed by atoms with Crippen LogP contribution in [0.15, 0.2) is 45.9 Å². The molecular weight excluding hydrogens is 501 g/mol. The van der Waals surface area contributed by atoms with E-state index in [1.165, 1.54) is 30.3 Å². The van der Waals surface area contributed by atoms with E-state index in [9.17, 15) is 18.0 Å². The van der Waals surface area contributed by atoms with E-state index in [1.54, 1.807) is 0 Å². The lowest BCUT2D eigenvalue weighted by Crippen LogP contribution is -2.11. The van der Waals surface area contributed by atoms with Gasteiger partial charge in [0.25, 0.3) is 0 Å². The highest BCUT2D eigenvalue weighted by atomic mass is 79.9. The Morgan fingerprint density at radius 3 is 2.32 bits per heavy atom. The smallest absolute Gasteiger partial charge is 0.310 e. The van der Waals surface area contributed by atoms with Gasteiger partial charge in [-0.1, -0.05) is 50.3 Å². The first-order chi connectivity index (χ1) is 13.1. The molecule has 1 fully saturated rings. The third kappa shape index (κ3) is 4.06. The number of halogens is 5. The molecule has 3 rings (SSSR count). The third-order valence-electron chi connectivity index (χ3n) is 5.16. The number of hydrogen-bond donors (Lipinski definition) is 0. The van der Waals surface area contributed by atoms with E-state index in [0.29, 0.717) is 0 Å². The van der Waals surface area contributed by atoms with Crippen LogP contribution in [0.4, 0.5) is 13.2 Å².